The highest BCUT2D eigenvalue weighted by atomic mass is 16.8. The minimum absolute atomic E-state index is 0.0857. The molecule has 17 heavy (non-hydrogen) atoms. The topological polar surface area (TPSA) is 74.0 Å². The van der Waals surface area contributed by atoms with Gasteiger partial charge in [-0.05, 0) is 19.4 Å². The molecule has 0 radical (unpaired) electrons. The molecule has 0 aromatic heterocycles. The van der Waals surface area contributed by atoms with Crippen molar-refractivity contribution in [2.45, 2.75) is 32.8 Å². The van der Waals surface area contributed by atoms with E-state index >= 15 is 0 Å². The molecule has 1 rings (SSSR count). The van der Waals surface area contributed by atoms with Crippen molar-refractivity contribution in [3.05, 3.63) is 35.0 Å². The summed E-state index contributed by atoms with van der Waals surface area (Å²) in [4.78, 5) is 11.7. The van der Waals surface area contributed by atoms with Crippen LogP contribution >= 0.6 is 0 Å². The standard InChI is InChI=1S/C12H17NO4/c1-3-5-9(2)17-12(14)10-6-4-7-11(8-10)13(15)16/h4,6-9,13,15H,3,5H2,1-2H3. The zero-order valence-electron chi connectivity index (χ0n) is 9.97. The highest BCUT2D eigenvalue weighted by Gasteiger charge is 2.13. The Morgan fingerprint density at radius 3 is 2.88 bits per heavy atom. The molecule has 0 bridgehead atoms. The fourth-order valence-corrected chi connectivity index (χ4v) is 1.50. The zero-order valence-corrected chi connectivity index (χ0v) is 9.97. The summed E-state index contributed by atoms with van der Waals surface area (Å²) >= 11 is 0. The normalized spacial score (nSPS) is 14.1. The molecule has 1 aromatic carbocycles. The fourth-order valence-electron chi connectivity index (χ4n) is 1.50. The third-order valence-corrected chi connectivity index (χ3v) is 2.35. The first-order valence-electron chi connectivity index (χ1n) is 5.59. The summed E-state index contributed by atoms with van der Waals surface area (Å²) in [5.74, 6) is -0.478. The van der Waals surface area contributed by atoms with Crippen LogP contribution in [-0.2, 0) is 4.74 Å². The number of benzene rings is 1. The van der Waals surface area contributed by atoms with E-state index in [4.69, 9.17) is 9.94 Å². The number of carbonyl (C=O) groups excluding carboxylic acids is 1. The quantitative estimate of drug-likeness (QED) is 0.602. The molecule has 2 unspecified atom stereocenters. The van der Waals surface area contributed by atoms with Gasteiger partial charge in [-0.2, -0.15) is 5.23 Å². The van der Waals surface area contributed by atoms with Crippen LogP contribution in [0.25, 0.3) is 0 Å². The van der Waals surface area contributed by atoms with E-state index in [0.717, 1.165) is 12.8 Å². The van der Waals surface area contributed by atoms with Crippen LogP contribution in [0.15, 0.2) is 24.3 Å². The van der Waals surface area contributed by atoms with Crippen LogP contribution < -0.4 is 5.23 Å². The number of hydrogen-bond donors (Lipinski definition) is 2. The number of carbonyl (C=O) groups is 1. The van der Waals surface area contributed by atoms with Crippen molar-refractivity contribution in [3.63, 3.8) is 0 Å². The molecule has 5 heteroatoms. The van der Waals surface area contributed by atoms with Crippen molar-refractivity contribution < 1.29 is 20.0 Å². The van der Waals surface area contributed by atoms with E-state index in [0.29, 0.717) is 0 Å². The van der Waals surface area contributed by atoms with Gasteiger partial charge in [0.2, 0.25) is 0 Å². The Morgan fingerprint density at radius 2 is 2.29 bits per heavy atom. The van der Waals surface area contributed by atoms with Crippen molar-refractivity contribution in [3.8, 4) is 0 Å². The molecule has 2 atom stereocenters. The lowest BCUT2D eigenvalue weighted by molar-refractivity contribution is -0.991. The van der Waals surface area contributed by atoms with E-state index in [9.17, 15) is 10.0 Å². The molecule has 5 nitrogen and oxygen atoms in total. The third kappa shape index (κ3) is 4.14. The molecule has 94 valence electrons. The van der Waals surface area contributed by atoms with Crippen molar-refractivity contribution in [2.75, 3.05) is 0 Å². The first-order chi connectivity index (χ1) is 8.04. The van der Waals surface area contributed by atoms with Gasteiger partial charge in [-0.3, -0.25) is 0 Å². The number of hydrogen-bond acceptors (Lipinski definition) is 4. The Hall–Kier alpha value is -1.43. The van der Waals surface area contributed by atoms with Gasteiger partial charge in [0.05, 0.1) is 11.7 Å². The molecule has 0 amide bonds. The van der Waals surface area contributed by atoms with Crippen LogP contribution in [-0.4, -0.2) is 17.3 Å². The molecular formula is C12H17NO4. The van der Waals surface area contributed by atoms with Crippen LogP contribution in [0.2, 0.25) is 0 Å². The minimum Gasteiger partial charge on any atom is -0.595 e. The van der Waals surface area contributed by atoms with E-state index in [2.05, 4.69) is 0 Å². The number of nitrogens with one attached hydrogen (secondary N) is 1. The van der Waals surface area contributed by atoms with Gasteiger partial charge in [0, 0.05) is 12.1 Å². The lowest BCUT2D eigenvalue weighted by Gasteiger charge is -2.14. The fraction of sp³-hybridized carbons (Fsp3) is 0.417. The highest BCUT2D eigenvalue weighted by Crippen LogP contribution is 2.10. The van der Waals surface area contributed by atoms with Crippen LogP contribution in [0.1, 0.15) is 37.0 Å². The van der Waals surface area contributed by atoms with Crippen LogP contribution in [0.3, 0.4) is 0 Å². The summed E-state index contributed by atoms with van der Waals surface area (Å²) in [7, 11) is 0. The largest absolute Gasteiger partial charge is 0.595 e. The summed E-state index contributed by atoms with van der Waals surface area (Å²) < 4.78 is 5.18. The molecule has 1 aromatic rings. The van der Waals surface area contributed by atoms with Gasteiger partial charge in [-0.15, -0.1) is 0 Å². The second-order valence-corrected chi connectivity index (χ2v) is 3.89. The molecule has 0 aliphatic carbocycles. The maximum atomic E-state index is 11.7. The Morgan fingerprint density at radius 1 is 1.59 bits per heavy atom. The van der Waals surface area contributed by atoms with Gasteiger partial charge < -0.3 is 9.94 Å². The molecular weight excluding hydrogens is 222 g/mol. The number of quaternary nitrogens is 1. The lowest BCUT2D eigenvalue weighted by Crippen LogP contribution is -2.99. The molecule has 0 saturated carbocycles. The van der Waals surface area contributed by atoms with Gasteiger partial charge in [0.1, 0.15) is 0 Å². The molecule has 0 heterocycles. The first kappa shape index (κ1) is 13.6. The SMILES string of the molecule is CCCC(C)OC(=O)c1cccc([NH+]([O-])O)c1. The molecule has 0 saturated heterocycles. The summed E-state index contributed by atoms with van der Waals surface area (Å²) in [5, 5.41) is 18.5. The van der Waals surface area contributed by atoms with Gasteiger partial charge in [0.25, 0.3) is 0 Å². The van der Waals surface area contributed by atoms with Crippen molar-refractivity contribution in [1.82, 2.24) is 0 Å². The zero-order chi connectivity index (χ0) is 12.8. The first-order valence-corrected chi connectivity index (χ1v) is 5.59. The molecule has 2 N–H and O–H groups in total. The van der Waals surface area contributed by atoms with E-state index in [1.807, 2.05) is 13.8 Å². The summed E-state index contributed by atoms with van der Waals surface area (Å²) in [6, 6.07) is 5.84. The number of esters is 1. The van der Waals surface area contributed by atoms with Gasteiger partial charge in [-0.1, -0.05) is 19.4 Å². The predicted molar refractivity (Wildman–Crippen MR) is 62.0 cm³/mol. The van der Waals surface area contributed by atoms with E-state index in [-0.39, 0.29) is 17.4 Å². The average Bonchev–Trinajstić information content (AvgIpc) is 2.29. The molecule has 0 spiro atoms. The van der Waals surface area contributed by atoms with E-state index in [1.54, 1.807) is 6.07 Å². The second-order valence-electron chi connectivity index (χ2n) is 3.89. The number of rotatable bonds is 5. The maximum absolute atomic E-state index is 11.7. The average molecular weight is 239 g/mol. The van der Waals surface area contributed by atoms with Crippen molar-refractivity contribution in [2.24, 2.45) is 0 Å². The van der Waals surface area contributed by atoms with Gasteiger partial charge in [-0.25, -0.2) is 10.0 Å². The Kier molecular flexibility index (Phi) is 5.09. The molecule has 0 aliphatic rings. The summed E-state index contributed by atoms with van der Waals surface area (Å²) in [6.45, 7) is 3.83. The second kappa shape index (κ2) is 6.34. The lowest BCUT2D eigenvalue weighted by atomic mass is 10.2. The predicted octanol–water partition coefficient (Wildman–Crippen LogP) is 1.44. The van der Waals surface area contributed by atoms with Crippen molar-refractivity contribution >= 4 is 11.7 Å². The van der Waals surface area contributed by atoms with Crippen LogP contribution in [0, 0.1) is 5.21 Å². The monoisotopic (exact) mass is 239 g/mol. The van der Waals surface area contributed by atoms with Crippen LogP contribution in [0.4, 0.5) is 5.69 Å². The maximum Gasteiger partial charge on any atom is 0.338 e. The van der Waals surface area contributed by atoms with Crippen molar-refractivity contribution in [1.29, 1.82) is 0 Å². The number of ether oxygens (including phenoxy) is 1. The smallest absolute Gasteiger partial charge is 0.338 e. The Balaban J connectivity index is 2.72. The minimum atomic E-state index is -1.05. The van der Waals surface area contributed by atoms with Gasteiger partial charge in [0.15, 0.2) is 5.69 Å². The van der Waals surface area contributed by atoms with Gasteiger partial charge >= 0.3 is 5.97 Å². The summed E-state index contributed by atoms with van der Waals surface area (Å²) in [5.41, 5.74) is 0.357. The van der Waals surface area contributed by atoms with E-state index in [1.165, 1.54) is 18.2 Å². The molecule has 0 aliphatic heterocycles. The van der Waals surface area contributed by atoms with Crippen LogP contribution in [0.5, 0.6) is 0 Å². The third-order valence-electron chi connectivity index (χ3n) is 2.35. The summed E-state index contributed by atoms with van der Waals surface area (Å²) in [6.07, 6.45) is 1.58. The highest BCUT2D eigenvalue weighted by molar-refractivity contribution is 5.90. The Bertz CT molecular complexity index is 379. The Labute approximate surface area is 100 Å². The molecule has 0 fully saturated rings. The van der Waals surface area contributed by atoms with E-state index < -0.39 is 11.2 Å².